The maximum atomic E-state index is 12.7. The Morgan fingerprint density at radius 1 is 1.03 bits per heavy atom. The summed E-state index contributed by atoms with van der Waals surface area (Å²) >= 11 is 0. The van der Waals surface area contributed by atoms with E-state index in [1.807, 2.05) is 19.0 Å². The summed E-state index contributed by atoms with van der Waals surface area (Å²) in [6.07, 6.45) is 2.96. The van der Waals surface area contributed by atoms with E-state index < -0.39 is 21.7 Å². The van der Waals surface area contributed by atoms with Crippen LogP contribution in [0.15, 0.2) is 81.1 Å². The van der Waals surface area contributed by atoms with Crippen LogP contribution in [0.1, 0.15) is 10.4 Å². The number of amides is 1. The van der Waals surface area contributed by atoms with E-state index in [4.69, 9.17) is 4.42 Å². The van der Waals surface area contributed by atoms with Crippen LogP contribution in [0.25, 0.3) is 11.1 Å². The largest absolute Gasteiger partial charge is 0.419 e. The number of fused-ring (bicyclic) bond motifs is 1. The van der Waals surface area contributed by atoms with Crippen molar-refractivity contribution in [3.05, 3.63) is 83.1 Å². The first-order valence-electron chi connectivity index (χ1n) is 10.4. The van der Waals surface area contributed by atoms with Gasteiger partial charge in [0.25, 0.3) is 15.9 Å². The smallest absolute Gasteiger partial charge is 0.408 e. The molecule has 2 N–H and O–H groups in total. The molecule has 176 valence electrons. The summed E-state index contributed by atoms with van der Waals surface area (Å²) < 4.78 is 34.4. The molecule has 2 aromatic heterocycles. The first kappa shape index (κ1) is 23.2. The molecule has 0 fully saturated rings. The standard InChI is InChI=1S/C23H23N5O5S/c1-27(2)13-14-28-20-15-18(5-8-21(20)33-23(28)30)25-22(29)16-3-6-19(7-4-16)34(31,32)26-17-9-11-24-12-10-17/h3-12,15H,13-14H2,1-2H3,(H,24,26)(H,25,29). The van der Waals surface area contributed by atoms with Crippen molar-refractivity contribution in [1.29, 1.82) is 0 Å². The monoisotopic (exact) mass is 481 g/mol. The fourth-order valence-electron chi connectivity index (χ4n) is 3.27. The molecule has 0 aliphatic heterocycles. The molecule has 0 bridgehead atoms. The Hall–Kier alpha value is -3.96. The van der Waals surface area contributed by atoms with E-state index >= 15 is 0 Å². The second-order valence-corrected chi connectivity index (χ2v) is 9.51. The van der Waals surface area contributed by atoms with E-state index in [0.717, 1.165) is 0 Å². The Morgan fingerprint density at radius 2 is 1.74 bits per heavy atom. The van der Waals surface area contributed by atoms with Gasteiger partial charge in [-0.3, -0.25) is 19.1 Å². The van der Waals surface area contributed by atoms with Crippen LogP contribution in [0.4, 0.5) is 11.4 Å². The van der Waals surface area contributed by atoms with Crippen molar-refractivity contribution in [2.45, 2.75) is 11.4 Å². The van der Waals surface area contributed by atoms with Crippen LogP contribution in [0.2, 0.25) is 0 Å². The number of benzene rings is 2. The maximum absolute atomic E-state index is 12.7. The van der Waals surface area contributed by atoms with Gasteiger partial charge in [-0.15, -0.1) is 0 Å². The van der Waals surface area contributed by atoms with E-state index in [1.54, 1.807) is 18.2 Å². The Kier molecular flexibility index (Phi) is 6.48. The van der Waals surface area contributed by atoms with Gasteiger partial charge in [0, 0.05) is 36.7 Å². The molecule has 0 unspecified atom stereocenters. The molecule has 0 saturated heterocycles. The third-order valence-electron chi connectivity index (χ3n) is 5.06. The van der Waals surface area contributed by atoms with E-state index in [1.165, 1.54) is 53.4 Å². The lowest BCUT2D eigenvalue weighted by Crippen LogP contribution is -2.23. The summed E-state index contributed by atoms with van der Waals surface area (Å²) in [5.74, 6) is -0.881. The van der Waals surface area contributed by atoms with Gasteiger partial charge in [-0.05, 0) is 68.7 Å². The number of hydrogen-bond donors (Lipinski definition) is 2. The molecule has 1 amide bonds. The highest BCUT2D eigenvalue weighted by atomic mass is 32.2. The van der Waals surface area contributed by atoms with Crippen LogP contribution in [-0.2, 0) is 16.6 Å². The number of pyridine rings is 1. The van der Waals surface area contributed by atoms with Crippen LogP contribution in [0.5, 0.6) is 0 Å². The van der Waals surface area contributed by atoms with E-state index in [0.29, 0.717) is 35.6 Å². The zero-order valence-corrected chi connectivity index (χ0v) is 19.4. The highest BCUT2D eigenvalue weighted by Crippen LogP contribution is 2.20. The Balaban J connectivity index is 1.50. The van der Waals surface area contributed by atoms with Crippen molar-refractivity contribution in [1.82, 2.24) is 14.5 Å². The average Bonchev–Trinajstić information content (AvgIpc) is 3.12. The molecule has 2 aromatic carbocycles. The molecular weight excluding hydrogens is 458 g/mol. The van der Waals surface area contributed by atoms with Crippen LogP contribution < -0.4 is 15.8 Å². The minimum Gasteiger partial charge on any atom is -0.408 e. The van der Waals surface area contributed by atoms with Gasteiger partial charge in [-0.25, -0.2) is 13.2 Å². The average molecular weight is 482 g/mol. The van der Waals surface area contributed by atoms with Crippen molar-refractivity contribution >= 4 is 38.4 Å². The molecular formula is C23H23N5O5S. The number of rotatable bonds is 8. The lowest BCUT2D eigenvalue weighted by molar-refractivity contribution is 0.102. The number of aromatic nitrogens is 2. The molecule has 34 heavy (non-hydrogen) atoms. The molecule has 0 spiro atoms. The van der Waals surface area contributed by atoms with Gasteiger partial charge in [0.05, 0.1) is 16.1 Å². The first-order chi connectivity index (χ1) is 16.2. The minimum atomic E-state index is -3.81. The second-order valence-electron chi connectivity index (χ2n) is 7.83. The molecule has 4 aromatic rings. The maximum Gasteiger partial charge on any atom is 0.419 e. The van der Waals surface area contributed by atoms with Gasteiger partial charge in [0.15, 0.2) is 5.58 Å². The SMILES string of the molecule is CN(C)CCn1c(=O)oc2ccc(NC(=O)c3ccc(S(=O)(=O)Nc4ccncc4)cc3)cc21. The number of carbonyl (C=O) groups is 1. The number of likely N-dealkylation sites (N-methyl/N-ethyl adjacent to an activating group) is 1. The molecule has 4 rings (SSSR count). The van der Waals surface area contributed by atoms with Gasteiger partial charge in [0.2, 0.25) is 0 Å². The van der Waals surface area contributed by atoms with Crippen LogP contribution in [0.3, 0.4) is 0 Å². The van der Waals surface area contributed by atoms with Gasteiger partial charge in [0.1, 0.15) is 0 Å². The topological polar surface area (TPSA) is 127 Å². The fraction of sp³-hybridized carbons (Fsp3) is 0.174. The minimum absolute atomic E-state index is 0.0191. The molecule has 10 nitrogen and oxygen atoms in total. The second kappa shape index (κ2) is 9.49. The fourth-order valence-corrected chi connectivity index (χ4v) is 4.33. The summed E-state index contributed by atoms with van der Waals surface area (Å²) in [7, 11) is 0.00603. The first-order valence-corrected chi connectivity index (χ1v) is 11.8. The van der Waals surface area contributed by atoms with Crippen molar-refractivity contribution in [2.75, 3.05) is 30.7 Å². The Morgan fingerprint density at radius 3 is 2.41 bits per heavy atom. The molecule has 2 heterocycles. The lowest BCUT2D eigenvalue weighted by atomic mass is 10.2. The van der Waals surface area contributed by atoms with Crippen molar-refractivity contribution in [3.8, 4) is 0 Å². The summed E-state index contributed by atoms with van der Waals surface area (Å²) in [5, 5.41) is 2.77. The summed E-state index contributed by atoms with van der Waals surface area (Å²) in [4.78, 5) is 30.7. The van der Waals surface area contributed by atoms with Gasteiger partial charge >= 0.3 is 5.76 Å². The number of nitrogens with zero attached hydrogens (tertiary/aromatic N) is 3. The van der Waals surface area contributed by atoms with Crippen LogP contribution in [-0.4, -0.2) is 49.4 Å². The number of oxazole rings is 1. The van der Waals surface area contributed by atoms with E-state index in [-0.39, 0.29) is 10.5 Å². The van der Waals surface area contributed by atoms with Crippen LogP contribution >= 0.6 is 0 Å². The lowest BCUT2D eigenvalue weighted by Gasteiger charge is -2.10. The van der Waals surface area contributed by atoms with Crippen LogP contribution in [0, 0.1) is 0 Å². The third-order valence-corrected chi connectivity index (χ3v) is 6.45. The number of anilines is 2. The third kappa shape index (κ3) is 5.16. The zero-order valence-electron chi connectivity index (χ0n) is 18.6. The van der Waals surface area contributed by atoms with Crippen molar-refractivity contribution < 1.29 is 17.6 Å². The number of hydrogen-bond acceptors (Lipinski definition) is 7. The van der Waals surface area contributed by atoms with Gasteiger partial charge in [-0.2, -0.15) is 0 Å². The quantitative estimate of drug-likeness (QED) is 0.396. The molecule has 0 saturated carbocycles. The molecule has 0 atom stereocenters. The highest BCUT2D eigenvalue weighted by molar-refractivity contribution is 7.92. The summed E-state index contributed by atoms with van der Waals surface area (Å²) in [6, 6.07) is 13.6. The van der Waals surface area contributed by atoms with Gasteiger partial charge < -0.3 is 14.6 Å². The predicted molar refractivity (Wildman–Crippen MR) is 128 cm³/mol. The normalized spacial score (nSPS) is 11.6. The number of nitrogens with one attached hydrogen (secondary N) is 2. The number of carbonyl (C=O) groups excluding carboxylic acids is 1. The molecule has 0 radical (unpaired) electrons. The predicted octanol–water partition coefficient (Wildman–Crippen LogP) is 2.60. The van der Waals surface area contributed by atoms with E-state index in [2.05, 4.69) is 15.0 Å². The van der Waals surface area contributed by atoms with Crippen molar-refractivity contribution in [3.63, 3.8) is 0 Å². The molecule has 11 heteroatoms. The van der Waals surface area contributed by atoms with E-state index in [9.17, 15) is 18.0 Å². The molecule has 0 aliphatic rings. The Labute approximate surface area is 195 Å². The highest BCUT2D eigenvalue weighted by Gasteiger charge is 2.16. The summed E-state index contributed by atoms with van der Waals surface area (Å²) in [5.41, 5.74) is 2.15. The zero-order chi connectivity index (χ0) is 24.3. The Bertz CT molecular complexity index is 1480. The number of sulfonamides is 1. The summed E-state index contributed by atoms with van der Waals surface area (Å²) in [6.45, 7) is 1.09. The van der Waals surface area contributed by atoms with Crippen molar-refractivity contribution in [2.24, 2.45) is 0 Å². The molecule has 0 aliphatic carbocycles. The van der Waals surface area contributed by atoms with Gasteiger partial charge in [-0.1, -0.05) is 0 Å².